The summed E-state index contributed by atoms with van der Waals surface area (Å²) in [5.74, 6) is -2.01. The molecule has 1 heterocycles. The van der Waals surface area contributed by atoms with Gasteiger partial charge in [0, 0.05) is 35.2 Å². The molecule has 0 saturated carbocycles. The highest BCUT2D eigenvalue weighted by Crippen LogP contribution is 2.38. The summed E-state index contributed by atoms with van der Waals surface area (Å²) < 4.78 is 42.1. The number of rotatable bonds is 7. The minimum absolute atomic E-state index is 0.0442. The molecule has 190 valence electrons. The first-order chi connectivity index (χ1) is 16.5. The van der Waals surface area contributed by atoms with Crippen LogP contribution in [0.2, 0.25) is 5.02 Å². The third kappa shape index (κ3) is 7.32. The van der Waals surface area contributed by atoms with Crippen molar-refractivity contribution < 1.29 is 23.1 Å². The number of amides is 1. The van der Waals surface area contributed by atoms with Gasteiger partial charge >= 0.3 is 6.18 Å². The van der Waals surface area contributed by atoms with E-state index in [9.17, 15) is 18.0 Å². The van der Waals surface area contributed by atoms with E-state index in [0.717, 1.165) is 32.0 Å². The van der Waals surface area contributed by atoms with E-state index in [-0.39, 0.29) is 24.1 Å². The number of allylic oxidation sites excluding steroid dienone is 1. The number of aryl methyl sites for hydroxylation is 2. The Kier molecular flexibility index (Phi) is 9.43. The third-order valence-electron chi connectivity index (χ3n) is 6.23. The molecule has 0 radical (unpaired) electrons. The average molecular weight is 574 g/mol. The van der Waals surface area contributed by atoms with Gasteiger partial charge in [-0.1, -0.05) is 42.0 Å². The predicted molar refractivity (Wildman–Crippen MR) is 137 cm³/mol. The summed E-state index contributed by atoms with van der Waals surface area (Å²) >= 11 is 9.53. The zero-order valence-electron chi connectivity index (χ0n) is 19.6. The molecule has 0 aliphatic carbocycles. The van der Waals surface area contributed by atoms with Gasteiger partial charge in [0.05, 0.1) is 18.1 Å². The van der Waals surface area contributed by atoms with Gasteiger partial charge in [-0.2, -0.15) is 13.2 Å². The molecule has 1 saturated heterocycles. The maximum Gasteiger partial charge on any atom is 0.399 e. The van der Waals surface area contributed by atoms with Crippen molar-refractivity contribution in [2.24, 2.45) is 0 Å². The van der Waals surface area contributed by atoms with E-state index in [1.165, 1.54) is 18.2 Å². The molecule has 0 aromatic heterocycles. The van der Waals surface area contributed by atoms with Crippen LogP contribution in [-0.2, 0) is 0 Å². The van der Waals surface area contributed by atoms with Crippen LogP contribution in [0.15, 0.2) is 40.9 Å². The van der Waals surface area contributed by atoms with Crippen molar-refractivity contribution >= 4 is 39.5 Å². The van der Waals surface area contributed by atoms with Crippen LogP contribution in [0.1, 0.15) is 51.4 Å². The van der Waals surface area contributed by atoms with Crippen LogP contribution in [-0.4, -0.2) is 54.4 Å². The molecule has 2 aromatic carbocycles. The summed E-state index contributed by atoms with van der Waals surface area (Å²) in [6.45, 7) is 5.75. The van der Waals surface area contributed by atoms with E-state index in [4.69, 9.17) is 16.7 Å². The largest absolute Gasteiger partial charge is 0.399 e. The van der Waals surface area contributed by atoms with Gasteiger partial charge in [-0.15, -0.1) is 0 Å². The second-order valence-electron chi connectivity index (χ2n) is 8.90. The number of aliphatic hydroxyl groups excluding tert-OH is 1. The third-order valence-corrected chi connectivity index (χ3v) is 7.48. The molecule has 0 spiro atoms. The quantitative estimate of drug-likeness (QED) is 0.411. The highest BCUT2D eigenvalue weighted by molar-refractivity contribution is 9.10. The van der Waals surface area contributed by atoms with Gasteiger partial charge in [-0.25, -0.2) is 0 Å². The van der Waals surface area contributed by atoms with Gasteiger partial charge in [0.1, 0.15) is 0 Å². The molecule has 2 aromatic rings. The number of halogens is 5. The minimum atomic E-state index is -4.47. The highest BCUT2D eigenvalue weighted by atomic mass is 79.9. The molecule has 1 amide bonds. The van der Waals surface area contributed by atoms with Gasteiger partial charge in [-0.3, -0.25) is 4.79 Å². The van der Waals surface area contributed by atoms with Crippen LogP contribution in [0.25, 0.3) is 6.08 Å². The van der Waals surface area contributed by atoms with Crippen LogP contribution < -0.4 is 5.32 Å². The number of hydrogen-bond acceptors (Lipinski definition) is 3. The Labute approximate surface area is 217 Å². The number of β-amino-alcohol motifs (C(OH)–C–C–N with tert-alkyl or cyclic N) is 1. The predicted octanol–water partition coefficient (Wildman–Crippen LogP) is 6.27. The molecule has 1 fully saturated rings. The SMILES string of the molecule is Cc1cc(C(/C=C/c2ccc(C(=O)NC3CCN(CCO)CC3)c(Br)c2)C(F)(F)F)cc(C)c1Cl. The summed E-state index contributed by atoms with van der Waals surface area (Å²) in [4.78, 5) is 14.9. The van der Waals surface area contributed by atoms with Crippen molar-refractivity contribution in [3.05, 3.63) is 73.7 Å². The second kappa shape index (κ2) is 11.9. The smallest absolute Gasteiger partial charge is 0.395 e. The Balaban J connectivity index is 1.72. The highest BCUT2D eigenvalue weighted by Gasteiger charge is 2.39. The number of alkyl halides is 3. The Morgan fingerprint density at radius 1 is 1.23 bits per heavy atom. The van der Waals surface area contributed by atoms with Gasteiger partial charge in [-0.05, 0) is 77.0 Å². The van der Waals surface area contributed by atoms with Crippen LogP contribution in [0.5, 0.6) is 0 Å². The molecule has 0 bridgehead atoms. The number of nitrogens with zero attached hydrogens (tertiary/aromatic N) is 1. The van der Waals surface area contributed by atoms with E-state index >= 15 is 0 Å². The normalized spacial score (nSPS) is 16.6. The molecule has 3 rings (SSSR count). The van der Waals surface area contributed by atoms with Gasteiger partial charge in [0.2, 0.25) is 0 Å². The van der Waals surface area contributed by atoms with E-state index < -0.39 is 12.1 Å². The zero-order valence-corrected chi connectivity index (χ0v) is 22.0. The molecule has 1 aliphatic heterocycles. The van der Waals surface area contributed by atoms with Crippen molar-refractivity contribution in [1.29, 1.82) is 0 Å². The number of aliphatic hydroxyl groups is 1. The van der Waals surface area contributed by atoms with E-state index in [1.54, 1.807) is 32.0 Å². The molecule has 1 atom stereocenters. The Hall–Kier alpha value is -1.87. The average Bonchev–Trinajstić information content (AvgIpc) is 2.78. The number of likely N-dealkylation sites (tertiary alicyclic amines) is 1. The molecule has 4 nitrogen and oxygen atoms in total. The molecular weight excluding hydrogens is 545 g/mol. The Morgan fingerprint density at radius 2 is 1.86 bits per heavy atom. The number of benzene rings is 2. The fourth-order valence-corrected chi connectivity index (χ4v) is 4.99. The van der Waals surface area contributed by atoms with E-state index in [0.29, 0.717) is 38.3 Å². The number of piperidine rings is 1. The monoisotopic (exact) mass is 572 g/mol. The fraction of sp³-hybridized carbons (Fsp3) is 0.423. The van der Waals surface area contributed by atoms with Crippen LogP contribution in [0, 0.1) is 13.8 Å². The second-order valence-corrected chi connectivity index (χ2v) is 10.1. The molecular formula is C26H29BrClF3N2O2. The summed E-state index contributed by atoms with van der Waals surface area (Å²) in [7, 11) is 0. The van der Waals surface area contributed by atoms with Gasteiger partial charge in [0.25, 0.3) is 5.91 Å². The number of nitrogens with one attached hydrogen (secondary N) is 1. The van der Waals surface area contributed by atoms with Crippen molar-refractivity contribution in [2.75, 3.05) is 26.2 Å². The molecule has 2 N–H and O–H groups in total. The maximum absolute atomic E-state index is 13.8. The molecule has 9 heteroatoms. The minimum Gasteiger partial charge on any atom is -0.395 e. The van der Waals surface area contributed by atoms with Gasteiger partial charge in [0.15, 0.2) is 0 Å². The fourth-order valence-electron chi connectivity index (χ4n) is 4.30. The maximum atomic E-state index is 13.8. The van der Waals surface area contributed by atoms with Gasteiger partial charge < -0.3 is 15.3 Å². The van der Waals surface area contributed by atoms with Crippen LogP contribution in [0.3, 0.4) is 0 Å². The molecule has 35 heavy (non-hydrogen) atoms. The summed E-state index contributed by atoms with van der Waals surface area (Å²) in [6.07, 6.45) is -0.323. The number of carbonyl (C=O) groups is 1. The first kappa shape index (κ1) is 27.7. The summed E-state index contributed by atoms with van der Waals surface area (Å²) in [6, 6.07) is 7.86. The zero-order chi connectivity index (χ0) is 25.8. The lowest BCUT2D eigenvalue weighted by molar-refractivity contribution is -0.139. The topological polar surface area (TPSA) is 52.6 Å². The standard InChI is InChI=1S/C26H29BrClF3N2O2/c1-16-13-19(14-17(2)24(16)28)22(26(29,30)31)6-4-18-3-5-21(23(27)15-18)25(35)32-20-7-9-33(10-8-20)11-12-34/h3-6,13-15,20,22,34H,7-12H2,1-2H3,(H,32,35)/b6-4+. The van der Waals surface area contributed by atoms with Crippen molar-refractivity contribution in [1.82, 2.24) is 10.2 Å². The van der Waals surface area contributed by atoms with Crippen LogP contribution >= 0.6 is 27.5 Å². The summed E-state index contributed by atoms with van der Waals surface area (Å²) in [5.41, 5.74) is 2.30. The Morgan fingerprint density at radius 3 is 2.40 bits per heavy atom. The first-order valence-electron chi connectivity index (χ1n) is 11.4. The summed E-state index contributed by atoms with van der Waals surface area (Å²) in [5, 5.41) is 12.5. The van der Waals surface area contributed by atoms with E-state index in [2.05, 4.69) is 26.1 Å². The number of hydrogen-bond donors (Lipinski definition) is 2. The van der Waals surface area contributed by atoms with E-state index in [1.807, 2.05) is 0 Å². The first-order valence-corrected chi connectivity index (χ1v) is 12.6. The van der Waals surface area contributed by atoms with Crippen molar-refractivity contribution in [3.8, 4) is 0 Å². The molecule has 1 aliphatic rings. The number of carbonyl (C=O) groups excluding carboxylic acids is 1. The molecule has 1 unspecified atom stereocenters. The van der Waals surface area contributed by atoms with Crippen LogP contribution in [0.4, 0.5) is 13.2 Å². The lowest BCUT2D eigenvalue weighted by Crippen LogP contribution is -2.45. The van der Waals surface area contributed by atoms with Crippen molar-refractivity contribution in [3.63, 3.8) is 0 Å². The Bertz CT molecular complexity index is 1060. The van der Waals surface area contributed by atoms with Crippen molar-refractivity contribution in [2.45, 2.75) is 44.8 Å². The lowest BCUT2D eigenvalue weighted by atomic mass is 9.94. The lowest BCUT2D eigenvalue weighted by Gasteiger charge is -2.31.